The van der Waals surface area contributed by atoms with Gasteiger partial charge in [-0.2, -0.15) is 4.99 Å². The normalized spacial score (nSPS) is 10.7. The highest BCUT2D eigenvalue weighted by molar-refractivity contribution is 9.10. The van der Waals surface area contributed by atoms with Crippen molar-refractivity contribution >= 4 is 27.7 Å². The fraction of sp³-hybridized carbons (Fsp3) is 0.125. The van der Waals surface area contributed by atoms with Gasteiger partial charge in [-0.05, 0) is 12.1 Å². The van der Waals surface area contributed by atoms with Gasteiger partial charge in [0.25, 0.3) is 0 Å². The zero-order chi connectivity index (χ0) is 11.5. The number of ether oxygens (including phenoxy) is 1. The Morgan fingerprint density at radius 2 is 2.00 bits per heavy atom. The Bertz CT molecular complexity index is 413. The molecule has 0 atom stereocenters. The van der Waals surface area contributed by atoms with E-state index in [1.165, 1.54) is 12.1 Å². The Balaban J connectivity index is 3.04. The Kier molecular flexibility index (Phi) is 3.49. The monoisotopic (exact) mass is 281 g/mol. The number of alkyl halides is 3. The Labute approximate surface area is 90.7 Å². The molecule has 0 N–H and O–H groups in total. The van der Waals surface area contributed by atoms with E-state index in [0.717, 1.165) is 12.1 Å². The molecule has 0 unspecified atom stereocenters. The topological polar surface area (TPSA) is 38.7 Å². The van der Waals surface area contributed by atoms with E-state index >= 15 is 0 Å². The lowest BCUT2D eigenvalue weighted by molar-refractivity contribution is -0.274. The summed E-state index contributed by atoms with van der Waals surface area (Å²) in [5.41, 5.74) is 0.0265. The molecule has 80 valence electrons. The molecule has 0 heterocycles. The maximum absolute atomic E-state index is 11.8. The molecule has 0 bridgehead atoms. The minimum atomic E-state index is -4.77. The Morgan fingerprint density at radius 3 is 2.53 bits per heavy atom. The van der Waals surface area contributed by atoms with E-state index in [2.05, 4.69) is 25.7 Å². The fourth-order valence-corrected chi connectivity index (χ4v) is 1.32. The summed E-state index contributed by atoms with van der Waals surface area (Å²) in [5, 5.41) is 0. The molecule has 15 heavy (non-hydrogen) atoms. The summed E-state index contributed by atoms with van der Waals surface area (Å²) in [5.74, 6) is -0.453. The van der Waals surface area contributed by atoms with Crippen molar-refractivity contribution in [2.24, 2.45) is 4.99 Å². The van der Waals surface area contributed by atoms with Crippen LogP contribution in [0.15, 0.2) is 27.7 Å². The molecule has 0 aliphatic rings. The van der Waals surface area contributed by atoms with Crippen molar-refractivity contribution in [2.45, 2.75) is 6.36 Å². The summed E-state index contributed by atoms with van der Waals surface area (Å²) in [6.07, 6.45) is -3.56. The summed E-state index contributed by atoms with van der Waals surface area (Å²) >= 11 is 2.95. The van der Waals surface area contributed by atoms with Crippen LogP contribution in [0.25, 0.3) is 0 Å². The molecule has 0 spiro atoms. The van der Waals surface area contributed by atoms with Crippen LogP contribution in [-0.2, 0) is 4.79 Å². The van der Waals surface area contributed by atoms with Gasteiger partial charge in [-0.3, -0.25) is 0 Å². The van der Waals surface area contributed by atoms with Gasteiger partial charge in [-0.1, -0.05) is 15.9 Å². The van der Waals surface area contributed by atoms with E-state index in [-0.39, 0.29) is 5.69 Å². The van der Waals surface area contributed by atoms with Crippen LogP contribution in [0.5, 0.6) is 5.75 Å². The van der Waals surface area contributed by atoms with Crippen LogP contribution in [0.1, 0.15) is 0 Å². The van der Waals surface area contributed by atoms with Crippen molar-refractivity contribution in [1.82, 2.24) is 0 Å². The lowest BCUT2D eigenvalue weighted by Gasteiger charge is -2.09. The molecule has 0 saturated heterocycles. The van der Waals surface area contributed by atoms with Crippen LogP contribution in [-0.4, -0.2) is 12.4 Å². The van der Waals surface area contributed by atoms with E-state index in [0.29, 0.717) is 4.47 Å². The van der Waals surface area contributed by atoms with Crippen LogP contribution < -0.4 is 4.74 Å². The molecule has 0 fully saturated rings. The van der Waals surface area contributed by atoms with E-state index in [1.54, 1.807) is 0 Å². The largest absolute Gasteiger partial charge is 0.573 e. The fourth-order valence-electron chi connectivity index (χ4n) is 0.858. The summed E-state index contributed by atoms with van der Waals surface area (Å²) in [7, 11) is 0. The van der Waals surface area contributed by atoms with Gasteiger partial charge in [0, 0.05) is 10.5 Å². The van der Waals surface area contributed by atoms with Crippen molar-refractivity contribution < 1.29 is 22.7 Å². The quantitative estimate of drug-likeness (QED) is 0.616. The molecule has 0 aromatic heterocycles. The average molecular weight is 282 g/mol. The van der Waals surface area contributed by atoms with Crippen LogP contribution >= 0.6 is 15.9 Å². The smallest absolute Gasteiger partial charge is 0.406 e. The third kappa shape index (κ3) is 4.14. The van der Waals surface area contributed by atoms with Gasteiger partial charge in [0.05, 0.1) is 5.69 Å². The van der Waals surface area contributed by atoms with Gasteiger partial charge >= 0.3 is 6.36 Å². The number of isocyanates is 1. The van der Waals surface area contributed by atoms with E-state index in [9.17, 15) is 18.0 Å². The molecule has 3 nitrogen and oxygen atoms in total. The Hall–Kier alpha value is -1.33. The number of benzene rings is 1. The number of aliphatic imine (C=N–C) groups is 1. The standard InChI is InChI=1S/C8H3BrF3NO2/c9-5-1-6(13-4-14)3-7(2-5)15-8(10,11)12/h1-3H. The highest BCUT2D eigenvalue weighted by atomic mass is 79.9. The molecular formula is C8H3BrF3NO2. The summed E-state index contributed by atoms with van der Waals surface area (Å²) in [6.45, 7) is 0. The van der Waals surface area contributed by atoms with Crippen LogP contribution in [0.2, 0.25) is 0 Å². The first kappa shape index (κ1) is 11.7. The molecule has 1 rings (SSSR count). The van der Waals surface area contributed by atoms with E-state index in [4.69, 9.17) is 0 Å². The summed E-state index contributed by atoms with van der Waals surface area (Å²) in [4.78, 5) is 13.1. The lowest BCUT2D eigenvalue weighted by atomic mass is 10.3. The van der Waals surface area contributed by atoms with Crippen molar-refractivity contribution in [2.75, 3.05) is 0 Å². The molecule has 1 aromatic rings. The molecular weight excluding hydrogens is 279 g/mol. The number of hydrogen-bond acceptors (Lipinski definition) is 3. The first-order valence-corrected chi connectivity index (χ1v) is 4.34. The van der Waals surface area contributed by atoms with Gasteiger partial charge in [-0.25, -0.2) is 4.79 Å². The third-order valence-corrected chi connectivity index (χ3v) is 1.72. The SMILES string of the molecule is O=C=Nc1cc(Br)cc(OC(F)(F)F)c1. The number of nitrogens with zero attached hydrogens (tertiary/aromatic N) is 1. The minimum Gasteiger partial charge on any atom is -0.406 e. The van der Waals surface area contributed by atoms with Crippen molar-refractivity contribution in [3.05, 3.63) is 22.7 Å². The minimum absolute atomic E-state index is 0.0265. The van der Waals surface area contributed by atoms with E-state index in [1.807, 2.05) is 0 Å². The first-order valence-electron chi connectivity index (χ1n) is 3.55. The maximum atomic E-state index is 11.8. The molecule has 0 amide bonds. The van der Waals surface area contributed by atoms with Gasteiger partial charge in [0.15, 0.2) is 0 Å². The summed E-state index contributed by atoms with van der Waals surface area (Å²) < 4.78 is 39.5. The van der Waals surface area contributed by atoms with E-state index < -0.39 is 12.1 Å². The van der Waals surface area contributed by atoms with Gasteiger partial charge in [0.2, 0.25) is 6.08 Å². The van der Waals surface area contributed by atoms with Crippen LogP contribution in [0, 0.1) is 0 Å². The predicted molar refractivity (Wildman–Crippen MR) is 48.6 cm³/mol. The highest BCUT2D eigenvalue weighted by Crippen LogP contribution is 2.30. The second-order valence-electron chi connectivity index (χ2n) is 2.40. The second kappa shape index (κ2) is 4.46. The average Bonchev–Trinajstić information content (AvgIpc) is 1.99. The highest BCUT2D eigenvalue weighted by Gasteiger charge is 2.31. The molecule has 0 radical (unpaired) electrons. The maximum Gasteiger partial charge on any atom is 0.573 e. The van der Waals surface area contributed by atoms with Crippen molar-refractivity contribution in [3.8, 4) is 5.75 Å². The van der Waals surface area contributed by atoms with Crippen molar-refractivity contribution in [3.63, 3.8) is 0 Å². The molecule has 0 saturated carbocycles. The van der Waals surface area contributed by atoms with Crippen molar-refractivity contribution in [1.29, 1.82) is 0 Å². The number of hydrogen-bond donors (Lipinski definition) is 0. The second-order valence-corrected chi connectivity index (χ2v) is 3.31. The number of halogens is 4. The van der Waals surface area contributed by atoms with Crippen LogP contribution in [0.4, 0.5) is 18.9 Å². The molecule has 0 aliphatic heterocycles. The Morgan fingerprint density at radius 1 is 1.33 bits per heavy atom. The number of rotatable bonds is 2. The zero-order valence-corrected chi connectivity index (χ0v) is 8.59. The number of carbonyl (C=O) groups excluding carboxylic acids is 1. The molecule has 7 heteroatoms. The molecule has 0 aliphatic carbocycles. The van der Waals surface area contributed by atoms with Gasteiger partial charge in [-0.15, -0.1) is 13.2 Å². The van der Waals surface area contributed by atoms with Gasteiger partial charge < -0.3 is 4.74 Å². The third-order valence-electron chi connectivity index (χ3n) is 1.26. The lowest BCUT2D eigenvalue weighted by Crippen LogP contribution is -2.17. The zero-order valence-electron chi connectivity index (χ0n) is 7.01. The first-order chi connectivity index (χ1) is 6.90. The van der Waals surface area contributed by atoms with Crippen LogP contribution in [0.3, 0.4) is 0 Å². The summed E-state index contributed by atoms with van der Waals surface area (Å²) in [6, 6.07) is 3.44. The van der Waals surface area contributed by atoms with Gasteiger partial charge in [0.1, 0.15) is 5.75 Å². The predicted octanol–water partition coefficient (Wildman–Crippen LogP) is 3.32. The molecule has 1 aromatic carbocycles.